The van der Waals surface area contributed by atoms with E-state index in [0.717, 1.165) is 14.5 Å². The minimum Gasteiger partial charge on any atom is -0.219 e. The molecule has 3 aromatic rings. The molecule has 4 nitrogen and oxygen atoms in total. The van der Waals surface area contributed by atoms with E-state index in [9.17, 15) is 0 Å². The van der Waals surface area contributed by atoms with E-state index in [0.29, 0.717) is 5.95 Å². The molecule has 1 aromatic carbocycles. The van der Waals surface area contributed by atoms with Crippen LogP contribution in [0, 0.1) is 3.57 Å². The molecule has 0 bridgehead atoms. The lowest BCUT2D eigenvalue weighted by molar-refractivity contribution is 0.830. The fourth-order valence-corrected chi connectivity index (χ4v) is 1.82. The maximum Gasteiger partial charge on any atom is 0.251 e. The van der Waals surface area contributed by atoms with Crippen molar-refractivity contribution in [2.24, 2.45) is 0 Å². The quantitative estimate of drug-likeness (QED) is 0.646. The fourth-order valence-electron chi connectivity index (χ4n) is 1.55. The largest absolute Gasteiger partial charge is 0.251 e. The van der Waals surface area contributed by atoms with Crippen molar-refractivity contribution in [1.82, 2.24) is 19.7 Å². The number of benzene rings is 1. The minimum atomic E-state index is 0.599. The van der Waals surface area contributed by atoms with Crippen LogP contribution in [0.1, 0.15) is 0 Å². The number of nitrogens with zero attached hydrogens (tertiary/aromatic N) is 4. The summed E-state index contributed by atoms with van der Waals surface area (Å²) in [6, 6.07) is 7.99. The van der Waals surface area contributed by atoms with Crippen molar-refractivity contribution in [1.29, 1.82) is 0 Å². The molecular formula is C11H7IN4. The highest BCUT2D eigenvalue weighted by molar-refractivity contribution is 14.1. The molecule has 0 fully saturated rings. The molecule has 78 valence electrons. The van der Waals surface area contributed by atoms with Gasteiger partial charge in [-0.05, 0) is 28.7 Å². The Morgan fingerprint density at radius 1 is 1.00 bits per heavy atom. The van der Waals surface area contributed by atoms with Gasteiger partial charge < -0.3 is 0 Å². The van der Waals surface area contributed by atoms with Gasteiger partial charge in [-0.2, -0.15) is 9.78 Å². The van der Waals surface area contributed by atoms with Crippen molar-refractivity contribution in [2.75, 3.05) is 0 Å². The molecule has 0 N–H and O–H groups in total. The van der Waals surface area contributed by atoms with Gasteiger partial charge in [0.2, 0.25) is 0 Å². The van der Waals surface area contributed by atoms with E-state index in [1.165, 1.54) is 0 Å². The van der Waals surface area contributed by atoms with Crippen molar-refractivity contribution in [3.05, 3.63) is 46.4 Å². The molecule has 0 aliphatic rings. The first-order valence-electron chi connectivity index (χ1n) is 4.75. The standard InChI is InChI=1S/C11H7IN4/c12-9-6-13-11(14-7-9)16-10-4-2-1-3-8(10)5-15-16/h1-7H. The van der Waals surface area contributed by atoms with Crippen LogP contribution in [-0.4, -0.2) is 19.7 Å². The topological polar surface area (TPSA) is 43.6 Å². The third-order valence-electron chi connectivity index (χ3n) is 2.27. The molecule has 0 spiro atoms. The van der Waals surface area contributed by atoms with Gasteiger partial charge in [-0.1, -0.05) is 18.2 Å². The van der Waals surface area contributed by atoms with Gasteiger partial charge in [-0.15, -0.1) is 0 Å². The second-order valence-corrected chi connectivity index (χ2v) is 4.56. The summed E-state index contributed by atoms with van der Waals surface area (Å²) in [7, 11) is 0. The van der Waals surface area contributed by atoms with E-state index < -0.39 is 0 Å². The highest BCUT2D eigenvalue weighted by atomic mass is 127. The Bertz CT molecular complexity index is 630. The Morgan fingerprint density at radius 2 is 1.75 bits per heavy atom. The van der Waals surface area contributed by atoms with Crippen LogP contribution in [0.4, 0.5) is 0 Å². The Hall–Kier alpha value is -1.50. The first-order valence-corrected chi connectivity index (χ1v) is 5.83. The minimum absolute atomic E-state index is 0.599. The molecule has 0 aliphatic carbocycles. The van der Waals surface area contributed by atoms with E-state index in [1.807, 2.05) is 30.5 Å². The van der Waals surface area contributed by atoms with Gasteiger partial charge in [-0.3, -0.25) is 0 Å². The third kappa shape index (κ3) is 1.57. The zero-order valence-electron chi connectivity index (χ0n) is 8.21. The summed E-state index contributed by atoms with van der Waals surface area (Å²) in [6.45, 7) is 0. The van der Waals surface area contributed by atoms with Crippen LogP contribution in [0.5, 0.6) is 0 Å². The number of halogens is 1. The number of rotatable bonds is 1. The molecule has 3 rings (SSSR count). The summed E-state index contributed by atoms with van der Waals surface area (Å²) >= 11 is 2.18. The first-order chi connectivity index (χ1) is 7.84. The molecule has 0 radical (unpaired) electrons. The Balaban J connectivity index is 2.22. The maximum absolute atomic E-state index is 4.28. The zero-order chi connectivity index (χ0) is 11.0. The number of aromatic nitrogens is 4. The van der Waals surface area contributed by atoms with E-state index in [-0.39, 0.29) is 0 Å². The summed E-state index contributed by atoms with van der Waals surface area (Å²) < 4.78 is 2.75. The molecular weight excluding hydrogens is 315 g/mol. The highest BCUT2D eigenvalue weighted by Gasteiger charge is 2.05. The van der Waals surface area contributed by atoms with Gasteiger partial charge >= 0.3 is 0 Å². The fraction of sp³-hybridized carbons (Fsp3) is 0. The maximum atomic E-state index is 4.28. The predicted molar refractivity (Wildman–Crippen MR) is 69.4 cm³/mol. The lowest BCUT2D eigenvalue weighted by atomic mass is 10.3. The van der Waals surface area contributed by atoms with Crippen LogP contribution >= 0.6 is 22.6 Å². The summed E-state index contributed by atoms with van der Waals surface area (Å²) in [5.74, 6) is 0.599. The van der Waals surface area contributed by atoms with Gasteiger partial charge in [0.25, 0.3) is 5.95 Å². The van der Waals surface area contributed by atoms with Gasteiger partial charge in [0.15, 0.2) is 0 Å². The third-order valence-corrected chi connectivity index (χ3v) is 2.83. The number of para-hydroxylation sites is 1. The molecule has 0 unspecified atom stereocenters. The van der Waals surface area contributed by atoms with Crippen LogP contribution in [0.15, 0.2) is 42.9 Å². The molecule has 0 amide bonds. The smallest absolute Gasteiger partial charge is 0.219 e. The second kappa shape index (κ2) is 3.82. The molecule has 0 atom stereocenters. The molecule has 0 aliphatic heterocycles. The number of fused-ring (bicyclic) bond motifs is 1. The van der Waals surface area contributed by atoms with Crippen molar-refractivity contribution >= 4 is 33.5 Å². The Morgan fingerprint density at radius 3 is 2.56 bits per heavy atom. The Kier molecular flexibility index (Phi) is 2.32. The Labute approximate surface area is 105 Å². The van der Waals surface area contributed by atoms with Crippen molar-refractivity contribution in [3.8, 4) is 5.95 Å². The molecule has 2 aromatic heterocycles. The SMILES string of the molecule is Ic1cnc(-n2ncc3ccccc32)nc1. The molecule has 16 heavy (non-hydrogen) atoms. The molecule has 0 saturated carbocycles. The van der Waals surface area contributed by atoms with Crippen LogP contribution in [0.2, 0.25) is 0 Å². The summed E-state index contributed by atoms with van der Waals surface area (Å²) in [4.78, 5) is 8.51. The molecule has 0 saturated heterocycles. The summed E-state index contributed by atoms with van der Waals surface area (Å²) in [5.41, 5.74) is 1.02. The monoisotopic (exact) mass is 322 g/mol. The lowest BCUT2D eigenvalue weighted by Gasteiger charge is -2.00. The van der Waals surface area contributed by atoms with Crippen LogP contribution < -0.4 is 0 Å². The average Bonchev–Trinajstić information content (AvgIpc) is 2.74. The van der Waals surface area contributed by atoms with Gasteiger partial charge in [0.05, 0.1) is 11.7 Å². The van der Waals surface area contributed by atoms with Gasteiger partial charge in [0, 0.05) is 21.4 Å². The summed E-state index contributed by atoms with van der Waals surface area (Å²) in [6.07, 6.45) is 5.37. The van der Waals surface area contributed by atoms with Crippen LogP contribution in [-0.2, 0) is 0 Å². The van der Waals surface area contributed by atoms with E-state index in [4.69, 9.17) is 0 Å². The van der Waals surface area contributed by atoms with Crippen molar-refractivity contribution < 1.29 is 0 Å². The second-order valence-electron chi connectivity index (χ2n) is 3.32. The van der Waals surface area contributed by atoms with Crippen LogP contribution in [0.3, 0.4) is 0 Å². The van der Waals surface area contributed by atoms with E-state index in [2.05, 4.69) is 37.7 Å². The summed E-state index contributed by atoms with van der Waals surface area (Å²) in [5, 5.41) is 5.37. The highest BCUT2D eigenvalue weighted by Crippen LogP contribution is 2.15. The first kappa shape index (κ1) is 9.71. The number of hydrogen-bond acceptors (Lipinski definition) is 3. The normalized spacial score (nSPS) is 10.8. The van der Waals surface area contributed by atoms with Crippen molar-refractivity contribution in [3.63, 3.8) is 0 Å². The number of hydrogen-bond donors (Lipinski definition) is 0. The van der Waals surface area contributed by atoms with Crippen molar-refractivity contribution in [2.45, 2.75) is 0 Å². The predicted octanol–water partition coefficient (Wildman–Crippen LogP) is 2.42. The van der Waals surface area contributed by atoms with Gasteiger partial charge in [0.1, 0.15) is 0 Å². The molecule has 5 heteroatoms. The van der Waals surface area contributed by atoms with E-state index >= 15 is 0 Å². The molecule has 2 heterocycles. The van der Waals surface area contributed by atoms with E-state index in [1.54, 1.807) is 17.1 Å². The zero-order valence-corrected chi connectivity index (χ0v) is 10.4. The average molecular weight is 322 g/mol. The lowest BCUT2D eigenvalue weighted by Crippen LogP contribution is -2.02. The van der Waals surface area contributed by atoms with Gasteiger partial charge in [-0.25, -0.2) is 9.97 Å². The van der Waals surface area contributed by atoms with Crippen LogP contribution in [0.25, 0.3) is 16.9 Å².